The van der Waals surface area contributed by atoms with Crippen LogP contribution in [0.15, 0.2) is 35.1 Å². The highest BCUT2D eigenvalue weighted by atomic mass is 16.5. The van der Waals surface area contributed by atoms with Crippen LogP contribution in [0.25, 0.3) is 22.3 Å². The monoisotopic (exact) mass is 425 g/mol. The molecule has 1 N–H and O–H groups in total. The summed E-state index contributed by atoms with van der Waals surface area (Å²) in [7, 11) is 4.66. The lowest BCUT2D eigenvalue weighted by atomic mass is 10.1. The lowest BCUT2D eigenvalue weighted by Gasteiger charge is -2.16. The van der Waals surface area contributed by atoms with Crippen LogP contribution in [0, 0.1) is 0 Å². The fourth-order valence-electron chi connectivity index (χ4n) is 3.84. The largest absolute Gasteiger partial charge is 0.497 e. The zero-order valence-electron chi connectivity index (χ0n) is 18.1. The number of fused-ring (bicyclic) bond motifs is 1. The van der Waals surface area contributed by atoms with E-state index in [4.69, 9.17) is 18.9 Å². The summed E-state index contributed by atoms with van der Waals surface area (Å²) in [6, 6.07) is 8.88. The van der Waals surface area contributed by atoms with E-state index < -0.39 is 0 Å². The highest BCUT2D eigenvalue weighted by Crippen LogP contribution is 2.31. The lowest BCUT2D eigenvalue weighted by molar-refractivity contribution is 0.237. The third-order valence-corrected chi connectivity index (χ3v) is 5.47. The maximum absolute atomic E-state index is 12.8. The summed E-state index contributed by atoms with van der Waals surface area (Å²) in [5, 5.41) is 0.372. The molecule has 4 rings (SSSR count). The van der Waals surface area contributed by atoms with E-state index in [2.05, 4.69) is 14.9 Å². The summed E-state index contributed by atoms with van der Waals surface area (Å²) >= 11 is 0. The van der Waals surface area contributed by atoms with Crippen LogP contribution in [-0.4, -0.2) is 62.4 Å². The van der Waals surface area contributed by atoms with Crippen molar-refractivity contribution in [1.82, 2.24) is 14.9 Å². The van der Waals surface area contributed by atoms with Crippen LogP contribution in [0.3, 0.4) is 0 Å². The third kappa shape index (κ3) is 4.59. The van der Waals surface area contributed by atoms with Crippen molar-refractivity contribution in [2.24, 2.45) is 0 Å². The van der Waals surface area contributed by atoms with E-state index in [1.165, 1.54) is 20.0 Å². The first kappa shape index (κ1) is 21.0. The Labute approximate surface area is 180 Å². The number of H-pyrrole nitrogens is 1. The number of likely N-dealkylation sites (tertiary alicyclic amines) is 1. The van der Waals surface area contributed by atoms with Gasteiger partial charge in [-0.3, -0.25) is 9.69 Å². The van der Waals surface area contributed by atoms with Gasteiger partial charge in [-0.05, 0) is 38.1 Å². The van der Waals surface area contributed by atoms with Crippen LogP contribution in [0.1, 0.15) is 12.8 Å². The van der Waals surface area contributed by atoms with E-state index in [-0.39, 0.29) is 5.56 Å². The Morgan fingerprint density at radius 3 is 2.35 bits per heavy atom. The molecule has 1 aliphatic rings. The van der Waals surface area contributed by atoms with E-state index in [1.54, 1.807) is 26.4 Å². The van der Waals surface area contributed by atoms with Crippen LogP contribution in [-0.2, 0) is 0 Å². The van der Waals surface area contributed by atoms with Crippen molar-refractivity contribution in [3.05, 3.63) is 40.7 Å². The number of methoxy groups -OCH3 is 3. The molecule has 1 saturated heterocycles. The molecule has 0 amide bonds. The van der Waals surface area contributed by atoms with Crippen LogP contribution in [0.4, 0.5) is 0 Å². The van der Waals surface area contributed by atoms with Gasteiger partial charge in [0.05, 0.1) is 26.8 Å². The summed E-state index contributed by atoms with van der Waals surface area (Å²) in [5.74, 6) is 2.67. The van der Waals surface area contributed by atoms with Crippen molar-refractivity contribution in [2.75, 3.05) is 47.6 Å². The van der Waals surface area contributed by atoms with Crippen molar-refractivity contribution >= 4 is 10.9 Å². The molecule has 1 aromatic heterocycles. The van der Waals surface area contributed by atoms with Gasteiger partial charge in [0, 0.05) is 30.3 Å². The summed E-state index contributed by atoms with van der Waals surface area (Å²) in [6.45, 7) is 3.73. The van der Waals surface area contributed by atoms with Gasteiger partial charge in [-0.1, -0.05) is 0 Å². The van der Waals surface area contributed by atoms with Gasteiger partial charge in [0.15, 0.2) is 0 Å². The fourth-order valence-corrected chi connectivity index (χ4v) is 3.84. The number of ether oxygens (including phenoxy) is 4. The zero-order valence-corrected chi connectivity index (χ0v) is 18.1. The average molecular weight is 425 g/mol. The molecule has 0 unspecified atom stereocenters. The molecule has 0 saturated carbocycles. The van der Waals surface area contributed by atoms with Crippen LogP contribution >= 0.6 is 0 Å². The van der Waals surface area contributed by atoms with E-state index in [9.17, 15) is 4.79 Å². The van der Waals surface area contributed by atoms with Gasteiger partial charge in [0.2, 0.25) is 0 Å². The Bertz CT molecular complexity index is 1120. The molecule has 1 fully saturated rings. The molecule has 1 aliphatic heterocycles. The number of rotatable bonds is 8. The molecule has 0 spiro atoms. The quantitative estimate of drug-likeness (QED) is 0.594. The summed E-state index contributed by atoms with van der Waals surface area (Å²) in [5.41, 5.74) is 0.879. The molecule has 0 bridgehead atoms. The minimum absolute atomic E-state index is 0.293. The third-order valence-electron chi connectivity index (χ3n) is 5.47. The van der Waals surface area contributed by atoms with E-state index in [0.29, 0.717) is 51.9 Å². The number of hydrogen-bond donors (Lipinski definition) is 1. The van der Waals surface area contributed by atoms with Crippen molar-refractivity contribution < 1.29 is 18.9 Å². The zero-order chi connectivity index (χ0) is 21.8. The van der Waals surface area contributed by atoms with Gasteiger partial charge in [-0.2, -0.15) is 0 Å². The van der Waals surface area contributed by atoms with Crippen molar-refractivity contribution in [3.63, 3.8) is 0 Å². The predicted molar refractivity (Wildman–Crippen MR) is 119 cm³/mol. The van der Waals surface area contributed by atoms with Gasteiger partial charge < -0.3 is 23.9 Å². The van der Waals surface area contributed by atoms with Gasteiger partial charge >= 0.3 is 0 Å². The molecule has 8 heteroatoms. The first-order valence-electron chi connectivity index (χ1n) is 10.3. The van der Waals surface area contributed by atoms with Crippen molar-refractivity contribution in [2.45, 2.75) is 12.8 Å². The van der Waals surface area contributed by atoms with E-state index in [1.807, 2.05) is 18.2 Å². The summed E-state index contributed by atoms with van der Waals surface area (Å²) < 4.78 is 22.1. The number of benzene rings is 2. The lowest BCUT2D eigenvalue weighted by Crippen LogP contribution is -2.25. The van der Waals surface area contributed by atoms with Gasteiger partial charge in [-0.15, -0.1) is 0 Å². The minimum Gasteiger partial charge on any atom is -0.497 e. The second-order valence-corrected chi connectivity index (χ2v) is 7.43. The number of hydrogen-bond acceptors (Lipinski definition) is 7. The number of nitrogens with zero attached hydrogens (tertiary/aromatic N) is 2. The molecule has 3 aromatic rings. The molecular formula is C23H27N3O5. The number of aromatic amines is 1. The van der Waals surface area contributed by atoms with Crippen LogP contribution in [0.2, 0.25) is 0 Å². The Hall–Kier alpha value is -3.26. The van der Waals surface area contributed by atoms with Crippen LogP contribution < -0.4 is 24.5 Å². The van der Waals surface area contributed by atoms with E-state index >= 15 is 0 Å². The minimum atomic E-state index is -0.293. The standard InChI is InChI=1S/C23H27N3O5/c1-28-16-10-15(11-18(12-16)31-9-8-26-6-4-5-7-26)22-24-19-13-17(29-2)14-20(30-3)21(19)23(27)25-22/h10-14H,4-9H2,1-3H3,(H,24,25,27). The Kier molecular flexibility index (Phi) is 6.27. The highest BCUT2D eigenvalue weighted by Gasteiger charge is 2.15. The predicted octanol–water partition coefficient (Wildman–Crippen LogP) is 3.09. The Balaban J connectivity index is 1.68. The number of aromatic nitrogens is 2. The molecule has 2 aromatic carbocycles. The summed E-state index contributed by atoms with van der Waals surface area (Å²) in [4.78, 5) is 22.7. The normalized spacial score (nSPS) is 14.0. The number of nitrogens with one attached hydrogen (secondary N) is 1. The van der Waals surface area contributed by atoms with Gasteiger partial charge in [0.25, 0.3) is 5.56 Å². The molecule has 0 radical (unpaired) electrons. The smallest absolute Gasteiger partial charge is 0.262 e. The van der Waals surface area contributed by atoms with Crippen molar-refractivity contribution in [3.8, 4) is 34.4 Å². The topological polar surface area (TPSA) is 85.9 Å². The van der Waals surface area contributed by atoms with Gasteiger partial charge in [-0.25, -0.2) is 4.98 Å². The maximum Gasteiger partial charge on any atom is 0.262 e. The molecule has 31 heavy (non-hydrogen) atoms. The molecule has 2 heterocycles. The maximum atomic E-state index is 12.8. The second kappa shape index (κ2) is 9.26. The molecule has 164 valence electrons. The van der Waals surface area contributed by atoms with Crippen molar-refractivity contribution in [1.29, 1.82) is 0 Å². The van der Waals surface area contributed by atoms with Crippen LogP contribution in [0.5, 0.6) is 23.0 Å². The van der Waals surface area contributed by atoms with Gasteiger partial charge in [0.1, 0.15) is 40.8 Å². The highest BCUT2D eigenvalue weighted by molar-refractivity contribution is 5.87. The molecular weight excluding hydrogens is 398 g/mol. The Morgan fingerprint density at radius 2 is 1.65 bits per heavy atom. The molecule has 0 atom stereocenters. The molecule has 0 aliphatic carbocycles. The Morgan fingerprint density at radius 1 is 0.935 bits per heavy atom. The van der Waals surface area contributed by atoms with E-state index in [0.717, 1.165) is 19.6 Å². The first-order chi connectivity index (χ1) is 15.1. The second-order valence-electron chi connectivity index (χ2n) is 7.43. The summed E-state index contributed by atoms with van der Waals surface area (Å²) in [6.07, 6.45) is 2.50. The average Bonchev–Trinajstić information content (AvgIpc) is 3.31. The fraction of sp³-hybridized carbons (Fsp3) is 0.391. The molecule has 8 nitrogen and oxygen atoms in total. The SMILES string of the molecule is COc1cc(OCCN2CCCC2)cc(-c2nc3cc(OC)cc(OC)c3c(=O)[nH]2)c1. The first-order valence-corrected chi connectivity index (χ1v) is 10.3.